The van der Waals surface area contributed by atoms with Crippen molar-refractivity contribution in [3.8, 4) is 5.75 Å². The Morgan fingerprint density at radius 1 is 0.950 bits per heavy atom. The zero-order valence-electron chi connectivity index (χ0n) is 11.9. The maximum absolute atomic E-state index is 11.8. The monoisotopic (exact) mass is 286 g/mol. The molecule has 4 nitrogen and oxygen atoms in total. The van der Waals surface area contributed by atoms with Gasteiger partial charge in [-0.2, -0.15) is 0 Å². The molecule has 0 fully saturated rings. The van der Waals surface area contributed by atoms with Crippen LogP contribution < -0.4 is 34.7 Å². The number of aromatic hydroxyl groups is 1. The molecule has 1 N–H and O–H groups in total. The van der Waals surface area contributed by atoms with Gasteiger partial charge in [-0.05, 0) is 31.4 Å². The zero-order chi connectivity index (χ0) is 14.1. The fourth-order valence-electron chi connectivity index (χ4n) is 1.93. The van der Waals surface area contributed by atoms with Crippen LogP contribution in [0.25, 0.3) is 0 Å². The van der Waals surface area contributed by atoms with E-state index < -0.39 is 5.97 Å². The van der Waals surface area contributed by atoms with Crippen molar-refractivity contribution in [2.75, 3.05) is 0 Å². The maximum Gasteiger partial charge on any atom is 1.00 e. The molecule has 1 rings (SSSR count). The molecule has 0 aliphatic rings. The number of carbonyl (C=O) groups is 2. The number of phenols is 1. The fraction of sp³-hybridized carbons (Fsp3) is 0.467. The van der Waals surface area contributed by atoms with E-state index in [1.54, 1.807) is 18.2 Å². The number of phenolic OH excluding ortho intramolecular Hbond substituents is 1. The molecule has 104 valence electrons. The number of carboxylic acids is 1. The number of benzene rings is 1. The van der Waals surface area contributed by atoms with Crippen LogP contribution in [0.4, 0.5) is 0 Å². The van der Waals surface area contributed by atoms with Crippen molar-refractivity contribution in [2.45, 2.75) is 44.9 Å². The van der Waals surface area contributed by atoms with Crippen LogP contribution in [0.3, 0.4) is 0 Å². The Morgan fingerprint density at radius 2 is 1.50 bits per heavy atom. The first-order valence-electron chi connectivity index (χ1n) is 6.62. The minimum atomic E-state index is -1.00. The topological polar surface area (TPSA) is 77.4 Å². The fourth-order valence-corrected chi connectivity index (χ4v) is 1.93. The number of aliphatic carboxylic acids is 1. The van der Waals surface area contributed by atoms with Crippen LogP contribution in [0.15, 0.2) is 24.3 Å². The summed E-state index contributed by atoms with van der Waals surface area (Å²) in [5.74, 6) is -1.02. The number of Topliss-reactive ketones (excluding diaryl/α,β-unsaturated/α-hetero) is 1. The average Bonchev–Trinajstić information content (AvgIpc) is 2.37. The number of carboxylic acid groups (broad SMARTS) is 1. The number of rotatable bonds is 9. The van der Waals surface area contributed by atoms with Crippen LogP contribution in [0, 0.1) is 0 Å². The predicted molar refractivity (Wildman–Crippen MR) is 69.8 cm³/mol. The predicted octanol–water partition coefficient (Wildman–Crippen LogP) is -0.940. The van der Waals surface area contributed by atoms with Crippen molar-refractivity contribution in [1.29, 1.82) is 0 Å². The van der Waals surface area contributed by atoms with Gasteiger partial charge in [0.25, 0.3) is 0 Å². The van der Waals surface area contributed by atoms with Crippen molar-refractivity contribution in [3.63, 3.8) is 0 Å². The minimum Gasteiger partial charge on any atom is -0.550 e. The van der Waals surface area contributed by atoms with Gasteiger partial charge in [0.1, 0.15) is 5.75 Å². The van der Waals surface area contributed by atoms with Gasteiger partial charge in [0.05, 0.1) is 5.56 Å². The SMILES string of the molecule is O=C([O-])CCCCCCCC(=O)c1ccccc1O.[Na+]. The van der Waals surface area contributed by atoms with Crippen molar-refractivity contribution in [3.05, 3.63) is 29.8 Å². The number of ketones is 1. The molecule has 0 spiro atoms. The number of unbranched alkanes of at least 4 members (excludes halogenated alkanes) is 4. The van der Waals surface area contributed by atoms with E-state index in [0.717, 1.165) is 25.7 Å². The van der Waals surface area contributed by atoms with E-state index in [4.69, 9.17) is 0 Å². The summed E-state index contributed by atoms with van der Waals surface area (Å²) >= 11 is 0. The van der Waals surface area contributed by atoms with Gasteiger partial charge in [-0.3, -0.25) is 4.79 Å². The Balaban J connectivity index is 0.00000361. The molecule has 0 saturated carbocycles. The van der Waals surface area contributed by atoms with E-state index in [-0.39, 0.29) is 47.5 Å². The summed E-state index contributed by atoms with van der Waals surface area (Å²) in [6.45, 7) is 0. The Labute approximate surface area is 141 Å². The molecule has 0 saturated heterocycles. The van der Waals surface area contributed by atoms with Crippen LogP contribution in [-0.2, 0) is 4.79 Å². The van der Waals surface area contributed by atoms with Gasteiger partial charge in [-0.15, -0.1) is 0 Å². The standard InChI is InChI=1S/C15H20O4.Na/c16-13(12-8-6-7-10-14(12)17)9-4-2-1-3-5-11-15(18)19;/h6-8,10,17H,1-5,9,11H2,(H,18,19);/q;+1/p-1. The van der Waals surface area contributed by atoms with Crippen LogP contribution in [0.1, 0.15) is 55.3 Å². The van der Waals surface area contributed by atoms with Gasteiger partial charge in [0.15, 0.2) is 5.78 Å². The molecule has 0 aliphatic heterocycles. The molecule has 0 unspecified atom stereocenters. The molecule has 0 atom stereocenters. The second-order valence-corrected chi connectivity index (χ2v) is 4.58. The smallest absolute Gasteiger partial charge is 0.550 e. The molecule has 5 heteroatoms. The first-order chi connectivity index (χ1) is 9.11. The summed E-state index contributed by atoms with van der Waals surface area (Å²) in [7, 11) is 0. The minimum absolute atomic E-state index is 0. The van der Waals surface area contributed by atoms with Crippen molar-refractivity contribution in [2.24, 2.45) is 0 Å². The summed E-state index contributed by atoms with van der Waals surface area (Å²) in [5, 5.41) is 19.7. The Morgan fingerprint density at radius 3 is 2.10 bits per heavy atom. The molecule has 0 bridgehead atoms. The third-order valence-electron chi connectivity index (χ3n) is 2.99. The van der Waals surface area contributed by atoms with Crippen LogP contribution >= 0.6 is 0 Å². The Kier molecular flexibility index (Phi) is 10.4. The first-order valence-corrected chi connectivity index (χ1v) is 6.62. The quantitative estimate of drug-likeness (QED) is 0.361. The van der Waals surface area contributed by atoms with Gasteiger partial charge in [-0.1, -0.05) is 31.4 Å². The molecule has 0 amide bonds. The molecule has 0 radical (unpaired) electrons. The average molecular weight is 286 g/mol. The normalized spacial score (nSPS) is 9.80. The van der Waals surface area contributed by atoms with Crippen LogP contribution in [0.2, 0.25) is 0 Å². The molecule has 0 heterocycles. The van der Waals surface area contributed by atoms with Crippen molar-refractivity contribution in [1.82, 2.24) is 0 Å². The third-order valence-corrected chi connectivity index (χ3v) is 2.99. The van der Waals surface area contributed by atoms with E-state index in [9.17, 15) is 19.8 Å². The van der Waals surface area contributed by atoms with Gasteiger partial charge in [-0.25, -0.2) is 0 Å². The van der Waals surface area contributed by atoms with E-state index in [1.807, 2.05) is 0 Å². The van der Waals surface area contributed by atoms with E-state index in [0.29, 0.717) is 18.4 Å². The molecular formula is C15H19NaO4. The molecule has 0 aliphatic carbocycles. The second kappa shape index (κ2) is 10.9. The summed E-state index contributed by atoms with van der Waals surface area (Å²) in [4.78, 5) is 22.0. The van der Waals surface area contributed by atoms with Crippen LogP contribution in [-0.4, -0.2) is 16.9 Å². The molecule has 1 aromatic rings. The van der Waals surface area contributed by atoms with Gasteiger partial charge in [0, 0.05) is 12.4 Å². The molecule has 1 aromatic carbocycles. The summed E-state index contributed by atoms with van der Waals surface area (Å²) in [6.07, 6.45) is 4.58. The number of carbonyl (C=O) groups excluding carboxylic acids is 2. The number of para-hydroxylation sites is 1. The van der Waals surface area contributed by atoms with Crippen molar-refractivity contribution < 1.29 is 49.4 Å². The molecule has 0 aromatic heterocycles. The van der Waals surface area contributed by atoms with Gasteiger partial charge in [0.2, 0.25) is 0 Å². The summed E-state index contributed by atoms with van der Waals surface area (Å²) in [5.41, 5.74) is 0.374. The molecular weight excluding hydrogens is 267 g/mol. The largest absolute Gasteiger partial charge is 1.00 e. The maximum atomic E-state index is 11.8. The van der Waals surface area contributed by atoms with E-state index in [1.165, 1.54) is 6.07 Å². The first kappa shape index (κ1) is 19.2. The van der Waals surface area contributed by atoms with E-state index in [2.05, 4.69) is 0 Å². The van der Waals surface area contributed by atoms with Crippen molar-refractivity contribution >= 4 is 11.8 Å². The number of hydrogen-bond donors (Lipinski definition) is 1. The van der Waals surface area contributed by atoms with Crippen LogP contribution in [0.5, 0.6) is 5.75 Å². The Hall–Kier alpha value is -0.840. The van der Waals surface area contributed by atoms with Gasteiger partial charge < -0.3 is 15.0 Å². The Bertz CT molecular complexity index is 432. The summed E-state index contributed by atoms with van der Waals surface area (Å²) < 4.78 is 0. The number of hydrogen-bond acceptors (Lipinski definition) is 4. The zero-order valence-corrected chi connectivity index (χ0v) is 13.9. The third kappa shape index (κ3) is 7.68. The van der Waals surface area contributed by atoms with Gasteiger partial charge >= 0.3 is 29.6 Å². The van der Waals surface area contributed by atoms with E-state index >= 15 is 0 Å². The summed E-state index contributed by atoms with van der Waals surface area (Å²) in [6, 6.07) is 6.54. The molecule has 20 heavy (non-hydrogen) atoms. The second-order valence-electron chi connectivity index (χ2n) is 4.58.